The Morgan fingerprint density at radius 2 is 2.05 bits per heavy atom. The van der Waals surface area contributed by atoms with E-state index in [2.05, 4.69) is 22.3 Å². The minimum atomic E-state index is 0.148. The van der Waals surface area contributed by atoms with Crippen LogP contribution >= 0.6 is 23.1 Å². The number of piperazine rings is 1. The summed E-state index contributed by atoms with van der Waals surface area (Å²) in [6.07, 6.45) is 0. The number of amides is 1. The van der Waals surface area contributed by atoms with Crippen LogP contribution < -0.4 is 0 Å². The fraction of sp³-hybridized carbons (Fsp3) is 0.375. The van der Waals surface area contributed by atoms with E-state index in [1.807, 2.05) is 34.7 Å². The third kappa shape index (κ3) is 3.69. The van der Waals surface area contributed by atoms with Crippen LogP contribution in [0.25, 0.3) is 0 Å². The lowest BCUT2D eigenvalue weighted by Gasteiger charge is -2.32. The molecule has 3 rings (SSSR count). The molecule has 116 valence electrons. The molecule has 0 saturated carbocycles. The summed E-state index contributed by atoms with van der Waals surface area (Å²) >= 11 is 3.29. The standard InChI is InChI=1S/C16H19N3OS2/c1-18-6-8-19(9-7-18)16(20)14-4-2-3-5-15(14)22-11-13-10-21-12-17-13/h2-5,10,12H,6-9,11H2,1H3. The van der Waals surface area contributed by atoms with Gasteiger partial charge in [0.2, 0.25) is 0 Å². The van der Waals surface area contributed by atoms with E-state index in [-0.39, 0.29) is 5.91 Å². The number of rotatable bonds is 4. The molecule has 0 N–H and O–H groups in total. The number of hydrogen-bond donors (Lipinski definition) is 0. The first-order chi connectivity index (χ1) is 10.7. The lowest BCUT2D eigenvalue weighted by molar-refractivity contribution is 0.0660. The van der Waals surface area contributed by atoms with Crippen molar-refractivity contribution >= 4 is 29.0 Å². The van der Waals surface area contributed by atoms with Crippen LogP contribution in [-0.2, 0) is 5.75 Å². The summed E-state index contributed by atoms with van der Waals surface area (Å²) < 4.78 is 0. The second-order valence-corrected chi connectivity index (χ2v) is 7.10. The Labute approximate surface area is 139 Å². The molecule has 4 nitrogen and oxygen atoms in total. The average Bonchev–Trinajstić information content (AvgIpc) is 3.07. The van der Waals surface area contributed by atoms with E-state index in [0.29, 0.717) is 0 Å². The van der Waals surface area contributed by atoms with Gasteiger partial charge in [-0.15, -0.1) is 23.1 Å². The molecule has 0 atom stereocenters. The zero-order valence-electron chi connectivity index (χ0n) is 12.6. The van der Waals surface area contributed by atoms with E-state index in [4.69, 9.17) is 0 Å². The summed E-state index contributed by atoms with van der Waals surface area (Å²) in [5.74, 6) is 0.950. The maximum absolute atomic E-state index is 12.8. The Hall–Kier alpha value is -1.37. The molecule has 1 amide bonds. The van der Waals surface area contributed by atoms with Crippen LogP contribution in [0.15, 0.2) is 40.1 Å². The number of nitrogens with zero attached hydrogens (tertiary/aromatic N) is 3. The zero-order valence-corrected chi connectivity index (χ0v) is 14.2. The predicted molar refractivity (Wildman–Crippen MR) is 91.5 cm³/mol. The zero-order chi connectivity index (χ0) is 15.4. The third-order valence-corrected chi connectivity index (χ3v) is 5.51. The van der Waals surface area contributed by atoms with Crippen molar-refractivity contribution in [1.29, 1.82) is 0 Å². The van der Waals surface area contributed by atoms with Crippen LogP contribution in [0.4, 0.5) is 0 Å². The molecule has 0 aliphatic carbocycles. The maximum Gasteiger partial charge on any atom is 0.255 e. The summed E-state index contributed by atoms with van der Waals surface area (Å²) in [4.78, 5) is 22.3. The highest BCUT2D eigenvalue weighted by molar-refractivity contribution is 7.98. The largest absolute Gasteiger partial charge is 0.336 e. The molecule has 0 spiro atoms. The number of carbonyl (C=O) groups is 1. The Morgan fingerprint density at radius 3 is 2.77 bits per heavy atom. The van der Waals surface area contributed by atoms with Crippen LogP contribution in [-0.4, -0.2) is 53.9 Å². The molecule has 0 radical (unpaired) electrons. The monoisotopic (exact) mass is 333 g/mol. The van der Waals surface area contributed by atoms with Gasteiger partial charge in [0.1, 0.15) is 0 Å². The van der Waals surface area contributed by atoms with E-state index in [1.54, 1.807) is 23.1 Å². The molecule has 1 aliphatic rings. The van der Waals surface area contributed by atoms with Gasteiger partial charge < -0.3 is 9.80 Å². The maximum atomic E-state index is 12.8. The molecular formula is C16H19N3OS2. The highest BCUT2D eigenvalue weighted by atomic mass is 32.2. The molecular weight excluding hydrogens is 314 g/mol. The van der Waals surface area contributed by atoms with Crippen LogP contribution in [0.1, 0.15) is 16.1 Å². The number of hydrogen-bond acceptors (Lipinski definition) is 5. The Morgan fingerprint density at radius 1 is 1.27 bits per heavy atom. The highest BCUT2D eigenvalue weighted by Gasteiger charge is 2.22. The molecule has 2 heterocycles. The topological polar surface area (TPSA) is 36.4 Å². The smallest absolute Gasteiger partial charge is 0.255 e. The lowest BCUT2D eigenvalue weighted by atomic mass is 10.2. The molecule has 0 unspecified atom stereocenters. The van der Waals surface area contributed by atoms with Gasteiger partial charge in [-0.05, 0) is 19.2 Å². The van der Waals surface area contributed by atoms with Crippen molar-refractivity contribution in [1.82, 2.24) is 14.8 Å². The molecule has 1 aromatic heterocycles. The average molecular weight is 333 g/mol. The Bertz CT molecular complexity index is 622. The number of aromatic nitrogens is 1. The molecule has 6 heteroatoms. The van der Waals surface area contributed by atoms with Gasteiger partial charge in [0, 0.05) is 42.2 Å². The molecule has 1 fully saturated rings. The fourth-order valence-corrected chi connectivity index (χ4v) is 4.02. The van der Waals surface area contributed by atoms with Gasteiger partial charge in [-0.2, -0.15) is 0 Å². The second-order valence-electron chi connectivity index (χ2n) is 5.36. The first-order valence-electron chi connectivity index (χ1n) is 7.31. The first kappa shape index (κ1) is 15.5. The van der Waals surface area contributed by atoms with Crippen LogP contribution in [0.5, 0.6) is 0 Å². The van der Waals surface area contributed by atoms with Crippen molar-refractivity contribution < 1.29 is 4.79 Å². The van der Waals surface area contributed by atoms with E-state index in [0.717, 1.165) is 48.1 Å². The second kappa shape index (κ2) is 7.26. The van der Waals surface area contributed by atoms with Gasteiger partial charge >= 0.3 is 0 Å². The number of thioether (sulfide) groups is 1. The molecule has 2 aromatic rings. The van der Waals surface area contributed by atoms with E-state index >= 15 is 0 Å². The van der Waals surface area contributed by atoms with E-state index in [9.17, 15) is 4.79 Å². The molecule has 1 saturated heterocycles. The number of likely N-dealkylation sites (N-methyl/N-ethyl adjacent to an activating group) is 1. The normalized spacial score (nSPS) is 16.0. The molecule has 22 heavy (non-hydrogen) atoms. The van der Waals surface area contributed by atoms with Gasteiger partial charge in [0.05, 0.1) is 16.8 Å². The Balaban J connectivity index is 1.71. The van der Waals surface area contributed by atoms with Gasteiger partial charge in [0.15, 0.2) is 0 Å². The lowest BCUT2D eigenvalue weighted by Crippen LogP contribution is -2.47. The number of benzene rings is 1. The van der Waals surface area contributed by atoms with Crippen molar-refractivity contribution in [2.24, 2.45) is 0 Å². The van der Waals surface area contributed by atoms with Crippen molar-refractivity contribution in [3.8, 4) is 0 Å². The highest BCUT2D eigenvalue weighted by Crippen LogP contribution is 2.27. The van der Waals surface area contributed by atoms with E-state index in [1.165, 1.54) is 0 Å². The van der Waals surface area contributed by atoms with Crippen molar-refractivity contribution in [2.75, 3.05) is 33.2 Å². The van der Waals surface area contributed by atoms with Crippen LogP contribution in [0.2, 0.25) is 0 Å². The predicted octanol–water partition coefficient (Wildman–Crippen LogP) is 2.82. The van der Waals surface area contributed by atoms with Gasteiger partial charge in [-0.1, -0.05) is 12.1 Å². The van der Waals surface area contributed by atoms with Gasteiger partial charge in [-0.3, -0.25) is 4.79 Å². The number of thiazole rings is 1. The fourth-order valence-electron chi connectivity index (χ4n) is 2.41. The molecule has 1 aliphatic heterocycles. The molecule has 0 bridgehead atoms. The molecule has 1 aromatic carbocycles. The summed E-state index contributed by atoms with van der Waals surface area (Å²) in [5.41, 5.74) is 3.72. The summed E-state index contributed by atoms with van der Waals surface area (Å²) in [6.45, 7) is 3.50. The summed E-state index contributed by atoms with van der Waals surface area (Å²) in [5, 5.41) is 2.05. The van der Waals surface area contributed by atoms with Crippen LogP contribution in [0, 0.1) is 0 Å². The van der Waals surface area contributed by atoms with Crippen LogP contribution in [0.3, 0.4) is 0 Å². The summed E-state index contributed by atoms with van der Waals surface area (Å²) in [7, 11) is 2.10. The number of carbonyl (C=O) groups excluding carboxylic acids is 1. The van der Waals surface area contributed by atoms with E-state index < -0.39 is 0 Å². The van der Waals surface area contributed by atoms with Crippen molar-refractivity contribution in [3.05, 3.63) is 46.4 Å². The minimum absolute atomic E-state index is 0.148. The van der Waals surface area contributed by atoms with Gasteiger partial charge in [0.25, 0.3) is 5.91 Å². The van der Waals surface area contributed by atoms with Crippen molar-refractivity contribution in [3.63, 3.8) is 0 Å². The first-order valence-corrected chi connectivity index (χ1v) is 9.23. The Kier molecular flexibility index (Phi) is 5.12. The summed E-state index contributed by atoms with van der Waals surface area (Å²) in [6, 6.07) is 7.89. The minimum Gasteiger partial charge on any atom is -0.336 e. The quantitative estimate of drug-likeness (QED) is 0.806. The third-order valence-electron chi connectivity index (χ3n) is 3.77. The van der Waals surface area contributed by atoms with Gasteiger partial charge in [-0.25, -0.2) is 4.98 Å². The SMILES string of the molecule is CN1CCN(C(=O)c2ccccc2SCc2cscn2)CC1. The van der Waals surface area contributed by atoms with Crippen molar-refractivity contribution in [2.45, 2.75) is 10.6 Å².